The Morgan fingerprint density at radius 1 is 1.07 bits per heavy atom. The summed E-state index contributed by atoms with van der Waals surface area (Å²) in [7, 11) is 0. The SMILES string of the molecule is O=C1O[C@@H]2O[C@@H](C[C@@H]2N(Cc2ccccc2)C(=O)OCc2ccccc2)[C@@H]1O. The maximum absolute atomic E-state index is 12.9. The first-order chi connectivity index (χ1) is 13.6. The molecule has 0 radical (unpaired) electrons. The third-order valence-electron chi connectivity index (χ3n) is 4.96. The van der Waals surface area contributed by atoms with Gasteiger partial charge in [0, 0.05) is 13.0 Å². The van der Waals surface area contributed by atoms with Gasteiger partial charge in [-0.15, -0.1) is 0 Å². The van der Waals surface area contributed by atoms with Crippen molar-refractivity contribution in [3.63, 3.8) is 0 Å². The predicted molar refractivity (Wildman–Crippen MR) is 97.8 cm³/mol. The van der Waals surface area contributed by atoms with Crippen molar-refractivity contribution in [2.75, 3.05) is 0 Å². The molecule has 2 heterocycles. The first kappa shape index (κ1) is 18.5. The normalized spacial score (nSPS) is 25.8. The highest BCUT2D eigenvalue weighted by Crippen LogP contribution is 2.34. The summed E-state index contributed by atoms with van der Waals surface area (Å²) in [6.07, 6.45) is -3.16. The molecule has 0 unspecified atom stereocenters. The van der Waals surface area contributed by atoms with E-state index in [4.69, 9.17) is 14.2 Å². The molecule has 0 saturated carbocycles. The second kappa shape index (κ2) is 8.00. The molecule has 2 fully saturated rings. The molecule has 7 heteroatoms. The van der Waals surface area contributed by atoms with Crippen LogP contribution in [0.25, 0.3) is 0 Å². The molecule has 4 rings (SSSR count). The van der Waals surface area contributed by atoms with Crippen molar-refractivity contribution in [3.8, 4) is 0 Å². The van der Waals surface area contributed by atoms with E-state index in [2.05, 4.69) is 0 Å². The fourth-order valence-corrected chi connectivity index (χ4v) is 3.49. The largest absolute Gasteiger partial charge is 0.445 e. The van der Waals surface area contributed by atoms with Crippen molar-refractivity contribution in [3.05, 3.63) is 71.8 Å². The zero-order valence-corrected chi connectivity index (χ0v) is 15.1. The van der Waals surface area contributed by atoms with Gasteiger partial charge in [-0.2, -0.15) is 0 Å². The smallest absolute Gasteiger partial charge is 0.410 e. The molecule has 7 nitrogen and oxygen atoms in total. The second-order valence-corrected chi connectivity index (χ2v) is 6.88. The first-order valence-electron chi connectivity index (χ1n) is 9.17. The van der Waals surface area contributed by atoms with Gasteiger partial charge in [-0.05, 0) is 11.1 Å². The fraction of sp³-hybridized carbons (Fsp3) is 0.333. The Morgan fingerprint density at radius 3 is 2.39 bits per heavy atom. The molecule has 1 N–H and O–H groups in total. The van der Waals surface area contributed by atoms with Gasteiger partial charge in [-0.1, -0.05) is 60.7 Å². The number of nitrogens with zero attached hydrogens (tertiary/aromatic N) is 1. The summed E-state index contributed by atoms with van der Waals surface area (Å²) in [5.74, 6) is -0.721. The quantitative estimate of drug-likeness (QED) is 0.797. The van der Waals surface area contributed by atoms with Crippen LogP contribution in [-0.2, 0) is 32.2 Å². The molecule has 0 aliphatic carbocycles. The van der Waals surface area contributed by atoms with Crippen molar-refractivity contribution in [1.82, 2.24) is 4.90 Å². The summed E-state index contributed by atoms with van der Waals surface area (Å²) in [6.45, 7) is 0.411. The van der Waals surface area contributed by atoms with E-state index in [1.54, 1.807) is 0 Å². The van der Waals surface area contributed by atoms with Gasteiger partial charge < -0.3 is 19.3 Å². The number of hydrogen-bond acceptors (Lipinski definition) is 6. The molecule has 2 saturated heterocycles. The summed E-state index contributed by atoms with van der Waals surface area (Å²) in [5.41, 5.74) is 1.78. The highest BCUT2D eigenvalue weighted by Gasteiger charge is 2.52. The topological polar surface area (TPSA) is 85.3 Å². The van der Waals surface area contributed by atoms with Gasteiger partial charge >= 0.3 is 12.1 Å². The average molecular weight is 383 g/mol. The Balaban J connectivity index is 1.52. The number of carbonyl (C=O) groups is 2. The Labute approximate surface area is 162 Å². The first-order valence-corrected chi connectivity index (χ1v) is 9.17. The third kappa shape index (κ3) is 3.85. The molecule has 2 aliphatic rings. The summed E-state index contributed by atoms with van der Waals surface area (Å²) >= 11 is 0. The molecule has 28 heavy (non-hydrogen) atoms. The summed E-state index contributed by atoms with van der Waals surface area (Å²) in [4.78, 5) is 26.2. The van der Waals surface area contributed by atoms with Gasteiger partial charge in [0.25, 0.3) is 0 Å². The van der Waals surface area contributed by atoms with Crippen molar-refractivity contribution in [1.29, 1.82) is 0 Å². The molecular formula is C21H21NO6. The van der Waals surface area contributed by atoms with Crippen LogP contribution in [-0.4, -0.2) is 46.6 Å². The summed E-state index contributed by atoms with van der Waals surface area (Å²) in [6, 6.07) is 18.3. The van der Waals surface area contributed by atoms with E-state index in [0.29, 0.717) is 6.42 Å². The Hall–Kier alpha value is -2.90. The molecule has 0 spiro atoms. The number of amides is 1. The number of aliphatic hydroxyl groups excluding tert-OH is 1. The van der Waals surface area contributed by atoms with Gasteiger partial charge in [-0.3, -0.25) is 4.90 Å². The van der Waals surface area contributed by atoms with E-state index < -0.39 is 36.6 Å². The highest BCUT2D eigenvalue weighted by molar-refractivity contribution is 5.76. The van der Waals surface area contributed by atoms with Gasteiger partial charge in [0.2, 0.25) is 6.29 Å². The summed E-state index contributed by atoms with van der Waals surface area (Å²) in [5, 5.41) is 9.91. The zero-order valence-electron chi connectivity index (χ0n) is 15.1. The van der Waals surface area contributed by atoms with E-state index in [0.717, 1.165) is 11.1 Å². The molecule has 2 aromatic rings. The van der Waals surface area contributed by atoms with Crippen LogP contribution >= 0.6 is 0 Å². The molecule has 4 atom stereocenters. The van der Waals surface area contributed by atoms with E-state index in [9.17, 15) is 14.7 Å². The zero-order chi connectivity index (χ0) is 19.5. The minimum Gasteiger partial charge on any atom is -0.445 e. The van der Waals surface area contributed by atoms with Crippen LogP contribution in [0.5, 0.6) is 0 Å². The number of benzene rings is 2. The standard InChI is InChI=1S/C21H21NO6/c23-18-17-11-16(20(27-17)28-19(18)24)22(12-14-7-3-1-4-8-14)21(25)26-13-15-9-5-2-6-10-15/h1-10,16-18,20,23H,11-13H2/t16-,17-,18-,20-/m0/s1. The lowest BCUT2D eigenvalue weighted by molar-refractivity contribution is -0.224. The van der Waals surface area contributed by atoms with Crippen molar-refractivity contribution >= 4 is 12.1 Å². The Morgan fingerprint density at radius 2 is 1.71 bits per heavy atom. The van der Waals surface area contributed by atoms with Crippen LogP contribution in [0.4, 0.5) is 4.79 Å². The van der Waals surface area contributed by atoms with Crippen LogP contribution in [0, 0.1) is 0 Å². The number of hydrogen-bond donors (Lipinski definition) is 1. The van der Waals surface area contributed by atoms with Gasteiger partial charge in [-0.25, -0.2) is 9.59 Å². The van der Waals surface area contributed by atoms with Crippen molar-refractivity contribution in [2.24, 2.45) is 0 Å². The molecule has 2 aliphatic heterocycles. The van der Waals surface area contributed by atoms with Crippen molar-refractivity contribution in [2.45, 2.75) is 44.1 Å². The number of esters is 1. The van der Waals surface area contributed by atoms with Gasteiger partial charge in [0.05, 0.1) is 0 Å². The van der Waals surface area contributed by atoms with E-state index in [-0.39, 0.29) is 13.2 Å². The average Bonchev–Trinajstić information content (AvgIpc) is 3.09. The lowest BCUT2D eigenvalue weighted by Gasteiger charge is -2.31. The fourth-order valence-electron chi connectivity index (χ4n) is 3.49. The van der Waals surface area contributed by atoms with Crippen LogP contribution in [0.15, 0.2) is 60.7 Å². The molecule has 0 aromatic heterocycles. The van der Waals surface area contributed by atoms with Crippen molar-refractivity contribution < 1.29 is 28.9 Å². The monoisotopic (exact) mass is 383 g/mol. The minimum atomic E-state index is -1.33. The Kier molecular flexibility index (Phi) is 5.27. The molecule has 2 bridgehead atoms. The maximum atomic E-state index is 12.9. The van der Waals surface area contributed by atoms with Crippen LogP contribution in [0.2, 0.25) is 0 Å². The van der Waals surface area contributed by atoms with E-state index >= 15 is 0 Å². The number of rotatable bonds is 5. The van der Waals surface area contributed by atoms with Crippen LogP contribution in [0.3, 0.4) is 0 Å². The predicted octanol–water partition coefficient (Wildman–Crippen LogP) is 2.23. The van der Waals surface area contributed by atoms with Gasteiger partial charge in [0.15, 0.2) is 6.10 Å². The number of ether oxygens (including phenoxy) is 3. The number of carbonyl (C=O) groups excluding carboxylic acids is 2. The third-order valence-corrected chi connectivity index (χ3v) is 4.96. The Bertz CT molecular complexity index is 827. The molecular weight excluding hydrogens is 362 g/mol. The number of fused-ring (bicyclic) bond motifs is 2. The maximum Gasteiger partial charge on any atom is 0.410 e. The van der Waals surface area contributed by atoms with Crippen LogP contribution in [0.1, 0.15) is 17.5 Å². The molecule has 146 valence electrons. The van der Waals surface area contributed by atoms with Crippen LogP contribution < -0.4 is 0 Å². The second-order valence-electron chi connectivity index (χ2n) is 6.88. The van der Waals surface area contributed by atoms with E-state index in [1.165, 1.54) is 4.90 Å². The van der Waals surface area contributed by atoms with Gasteiger partial charge in [0.1, 0.15) is 18.8 Å². The van der Waals surface area contributed by atoms with E-state index in [1.807, 2.05) is 60.7 Å². The summed E-state index contributed by atoms with van der Waals surface area (Å²) < 4.78 is 16.3. The highest BCUT2D eigenvalue weighted by atomic mass is 16.7. The number of aliphatic hydroxyl groups is 1. The lowest BCUT2D eigenvalue weighted by Crippen LogP contribution is -2.47. The lowest BCUT2D eigenvalue weighted by atomic mass is 10.1. The molecule has 1 amide bonds. The molecule has 2 aromatic carbocycles. The minimum absolute atomic E-state index is 0.134.